The Morgan fingerprint density at radius 1 is 1.29 bits per heavy atom. The number of nitrogens with one attached hydrogen (secondary N) is 2. The minimum absolute atomic E-state index is 0.0746. The maximum Gasteiger partial charge on any atom is 0.251 e. The average Bonchev–Trinajstić information content (AvgIpc) is 2.30. The zero-order valence-corrected chi connectivity index (χ0v) is 9.99. The molecule has 0 spiro atoms. The third-order valence-corrected chi connectivity index (χ3v) is 3.25. The summed E-state index contributed by atoms with van der Waals surface area (Å²) in [6.07, 6.45) is 1.88. The highest BCUT2D eigenvalue weighted by Crippen LogP contribution is 2.18. The van der Waals surface area contributed by atoms with Gasteiger partial charge in [-0.25, -0.2) is 0 Å². The van der Waals surface area contributed by atoms with Gasteiger partial charge in [0.05, 0.1) is 0 Å². The van der Waals surface area contributed by atoms with Gasteiger partial charge in [0.2, 0.25) is 0 Å². The fraction of sp³-hybridized carbons (Fsp3) is 0.462. The Morgan fingerprint density at radius 3 is 2.47 bits per heavy atom. The van der Waals surface area contributed by atoms with Crippen LogP contribution in [-0.2, 0) is 0 Å². The van der Waals surface area contributed by atoms with E-state index in [4.69, 9.17) is 0 Å². The number of hydrogen-bond acceptors (Lipinski definition) is 3. The molecule has 1 amide bonds. The van der Waals surface area contributed by atoms with E-state index in [0.717, 1.165) is 25.9 Å². The zero-order valence-electron chi connectivity index (χ0n) is 9.99. The molecule has 0 aliphatic carbocycles. The maximum absolute atomic E-state index is 12.0. The molecule has 4 heteroatoms. The first kappa shape index (κ1) is 11.9. The Hall–Kier alpha value is -1.55. The average molecular weight is 234 g/mol. The van der Waals surface area contributed by atoms with Gasteiger partial charge >= 0.3 is 0 Å². The first-order valence-electron chi connectivity index (χ1n) is 5.91. The summed E-state index contributed by atoms with van der Waals surface area (Å²) in [5, 5.41) is 15.5. The van der Waals surface area contributed by atoms with Crippen molar-refractivity contribution in [1.29, 1.82) is 0 Å². The third-order valence-electron chi connectivity index (χ3n) is 3.25. The monoisotopic (exact) mass is 234 g/mol. The van der Waals surface area contributed by atoms with E-state index in [1.165, 1.54) is 12.1 Å². The van der Waals surface area contributed by atoms with E-state index in [1.807, 2.05) is 0 Å². The normalized spacial score (nSPS) is 18.6. The number of carbonyl (C=O) groups excluding carboxylic acids is 1. The van der Waals surface area contributed by atoms with Crippen LogP contribution in [0.15, 0.2) is 24.3 Å². The molecule has 1 saturated heterocycles. The number of carbonyl (C=O) groups is 1. The summed E-state index contributed by atoms with van der Waals surface area (Å²) in [7, 11) is 0. The molecule has 3 N–H and O–H groups in total. The molecule has 0 saturated carbocycles. The summed E-state index contributed by atoms with van der Waals surface area (Å²) in [5.74, 6) is 0.101. The molecule has 92 valence electrons. The van der Waals surface area contributed by atoms with Crippen molar-refractivity contribution >= 4 is 5.91 Å². The van der Waals surface area contributed by atoms with Crippen LogP contribution in [0.2, 0.25) is 0 Å². The lowest BCUT2D eigenvalue weighted by Gasteiger charge is -2.35. The van der Waals surface area contributed by atoms with Gasteiger partial charge in [0.15, 0.2) is 0 Å². The molecule has 1 aromatic carbocycles. The predicted octanol–water partition coefficient (Wildman–Crippen LogP) is 1.26. The van der Waals surface area contributed by atoms with Gasteiger partial charge < -0.3 is 15.7 Å². The van der Waals surface area contributed by atoms with Gasteiger partial charge in [-0.2, -0.15) is 0 Å². The van der Waals surface area contributed by atoms with Crippen LogP contribution in [0.5, 0.6) is 5.75 Å². The van der Waals surface area contributed by atoms with Crippen LogP contribution in [0.25, 0.3) is 0 Å². The number of rotatable bonds is 2. The smallest absolute Gasteiger partial charge is 0.251 e. The van der Waals surface area contributed by atoms with Gasteiger partial charge in [0, 0.05) is 11.1 Å². The molecule has 1 aliphatic heterocycles. The summed E-state index contributed by atoms with van der Waals surface area (Å²) in [5.41, 5.74) is 0.461. The SMILES string of the molecule is CC1(NC(=O)c2ccc(O)cc2)CCNCC1. The molecule has 0 atom stereocenters. The van der Waals surface area contributed by atoms with Crippen LogP contribution in [0.3, 0.4) is 0 Å². The molecule has 1 aromatic rings. The van der Waals surface area contributed by atoms with E-state index in [9.17, 15) is 9.90 Å². The molecule has 17 heavy (non-hydrogen) atoms. The molecule has 2 rings (SSSR count). The van der Waals surface area contributed by atoms with Crippen molar-refractivity contribution in [3.63, 3.8) is 0 Å². The molecule has 0 unspecified atom stereocenters. The number of phenols is 1. The van der Waals surface area contributed by atoms with Crippen molar-refractivity contribution in [3.8, 4) is 5.75 Å². The van der Waals surface area contributed by atoms with Crippen LogP contribution in [0, 0.1) is 0 Å². The van der Waals surface area contributed by atoms with Crippen LogP contribution < -0.4 is 10.6 Å². The highest BCUT2D eigenvalue weighted by atomic mass is 16.3. The van der Waals surface area contributed by atoms with Crippen molar-refractivity contribution < 1.29 is 9.90 Å². The van der Waals surface area contributed by atoms with E-state index in [-0.39, 0.29) is 17.2 Å². The van der Waals surface area contributed by atoms with Crippen LogP contribution in [0.1, 0.15) is 30.1 Å². The summed E-state index contributed by atoms with van der Waals surface area (Å²) >= 11 is 0. The molecular formula is C13H18N2O2. The predicted molar refractivity (Wildman–Crippen MR) is 66.1 cm³/mol. The Morgan fingerprint density at radius 2 is 1.88 bits per heavy atom. The topological polar surface area (TPSA) is 61.4 Å². The number of amides is 1. The summed E-state index contributed by atoms with van der Waals surface area (Å²) in [4.78, 5) is 12.0. The Labute approximate surface area is 101 Å². The number of hydrogen-bond donors (Lipinski definition) is 3. The first-order valence-corrected chi connectivity index (χ1v) is 5.91. The summed E-state index contributed by atoms with van der Waals surface area (Å²) in [6.45, 7) is 3.95. The molecule has 1 aliphatic rings. The van der Waals surface area contributed by atoms with Crippen molar-refractivity contribution in [3.05, 3.63) is 29.8 Å². The maximum atomic E-state index is 12.0. The Kier molecular flexibility index (Phi) is 3.33. The molecule has 1 heterocycles. The lowest BCUT2D eigenvalue weighted by Crippen LogP contribution is -2.52. The number of piperidine rings is 1. The van der Waals surface area contributed by atoms with Crippen LogP contribution >= 0.6 is 0 Å². The summed E-state index contributed by atoms with van der Waals surface area (Å²) < 4.78 is 0. The molecule has 0 bridgehead atoms. The zero-order chi connectivity index (χ0) is 12.3. The van der Waals surface area contributed by atoms with E-state index < -0.39 is 0 Å². The molecule has 0 aromatic heterocycles. The van der Waals surface area contributed by atoms with Crippen LogP contribution in [0.4, 0.5) is 0 Å². The number of aromatic hydroxyl groups is 1. The van der Waals surface area contributed by atoms with E-state index in [2.05, 4.69) is 17.6 Å². The Balaban J connectivity index is 2.03. The van der Waals surface area contributed by atoms with Crippen molar-refractivity contribution in [2.75, 3.05) is 13.1 Å². The third kappa shape index (κ3) is 2.97. The number of phenolic OH excluding ortho intramolecular Hbond substituents is 1. The lowest BCUT2D eigenvalue weighted by atomic mass is 9.90. The fourth-order valence-corrected chi connectivity index (χ4v) is 2.06. The van der Waals surface area contributed by atoms with Gasteiger partial charge in [-0.3, -0.25) is 4.79 Å². The second-order valence-electron chi connectivity index (χ2n) is 4.81. The molecule has 0 radical (unpaired) electrons. The van der Waals surface area contributed by atoms with Gasteiger partial charge in [-0.05, 0) is 57.1 Å². The van der Waals surface area contributed by atoms with Crippen molar-refractivity contribution in [2.24, 2.45) is 0 Å². The molecule has 1 fully saturated rings. The molecule has 4 nitrogen and oxygen atoms in total. The van der Waals surface area contributed by atoms with Gasteiger partial charge in [-0.1, -0.05) is 0 Å². The van der Waals surface area contributed by atoms with Crippen molar-refractivity contribution in [2.45, 2.75) is 25.3 Å². The quantitative estimate of drug-likeness (QED) is 0.722. The van der Waals surface area contributed by atoms with Gasteiger partial charge in [0.1, 0.15) is 5.75 Å². The first-order chi connectivity index (χ1) is 8.09. The second kappa shape index (κ2) is 4.75. The van der Waals surface area contributed by atoms with E-state index in [0.29, 0.717) is 5.56 Å². The highest BCUT2D eigenvalue weighted by molar-refractivity contribution is 5.94. The highest BCUT2D eigenvalue weighted by Gasteiger charge is 2.28. The number of benzene rings is 1. The van der Waals surface area contributed by atoms with E-state index in [1.54, 1.807) is 12.1 Å². The van der Waals surface area contributed by atoms with Gasteiger partial charge in [0.25, 0.3) is 5.91 Å². The van der Waals surface area contributed by atoms with Crippen LogP contribution in [-0.4, -0.2) is 29.6 Å². The van der Waals surface area contributed by atoms with E-state index >= 15 is 0 Å². The standard InChI is InChI=1S/C13H18N2O2/c1-13(6-8-14-9-7-13)15-12(17)10-2-4-11(16)5-3-10/h2-5,14,16H,6-9H2,1H3,(H,15,17). The summed E-state index contributed by atoms with van der Waals surface area (Å²) in [6, 6.07) is 6.32. The van der Waals surface area contributed by atoms with Gasteiger partial charge in [-0.15, -0.1) is 0 Å². The Bertz CT molecular complexity index is 394. The minimum Gasteiger partial charge on any atom is -0.508 e. The molecular weight excluding hydrogens is 216 g/mol. The second-order valence-corrected chi connectivity index (χ2v) is 4.81. The van der Waals surface area contributed by atoms with Crippen molar-refractivity contribution in [1.82, 2.24) is 10.6 Å². The fourth-order valence-electron chi connectivity index (χ4n) is 2.06. The largest absolute Gasteiger partial charge is 0.508 e. The lowest BCUT2D eigenvalue weighted by molar-refractivity contribution is 0.0887. The minimum atomic E-state index is -0.125.